The zero-order valence-corrected chi connectivity index (χ0v) is 18.0. The van der Waals surface area contributed by atoms with Crippen LogP contribution in [0.4, 0.5) is 0 Å². The molecule has 3 atom stereocenters. The normalized spacial score (nSPS) is 18.4. The third-order valence-corrected chi connectivity index (χ3v) is 6.17. The molecule has 0 saturated carbocycles. The summed E-state index contributed by atoms with van der Waals surface area (Å²) < 4.78 is 6.30. The highest BCUT2D eigenvalue weighted by atomic mass is 16.5. The van der Waals surface area contributed by atoms with E-state index in [0.29, 0.717) is 6.54 Å². The van der Waals surface area contributed by atoms with Crippen LogP contribution in [0.3, 0.4) is 0 Å². The van der Waals surface area contributed by atoms with Gasteiger partial charge >= 0.3 is 0 Å². The lowest BCUT2D eigenvalue weighted by Gasteiger charge is -2.37. The van der Waals surface area contributed by atoms with Crippen molar-refractivity contribution in [1.82, 2.24) is 4.90 Å². The van der Waals surface area contributed by atoms with E-state index in [-0.39, 0.29) is 25.4 Å². The molecule has 0 amide bonds. The van der Waals surface area contributed by atoms with Gasteiger partial charge in [0.15, 0.2) is 0 Å². The molecule has 2 N–H and O–H groups in total. The molecule has 0 saturated heterocycles. The number of β-amino-alcohol motifs (C(OH)–C–C–N with tert-alkyl or cyclic N) is 1. The Morgan fingerprint density at radius 1 is 0.968 bits per heavy atom. The topological polar surface area (TPSA) is 52.9 Å². The molecule has 4 nitrogen and oxygen atoms in total. The van der Waals surface area contributed by atoms with Gasteiger partial charge in [-0.3, -0.25) is 4.90 Å². The van der Waals surface area contributed by atoms with Gasteiger partial charge in [-0.15, -0.1) is 0 Å². The minimum atomic E-state index is -0.644. The number of hydrogen-bond donors (Lipinski definition) is 2. The number of aliphatic hydroxyl groups is 2. The van der Waals surface area contributed by atoms with Gasteiger partial charge in [0.05, 0.1) is 25.4 Å². The van der Waals surface area contributed by atoms with Crippen LogP contribution in [-0.2, 0) is 11.2 Å². The lowest BCUT2D eigenvalue weighted by Crippen LogP contribution is -2.43. The molecule has 31 heavy (non-hydrogen) atoms. The zero-order valence-electron chi connectivity index (χ0n) is 18.0. The minimum Gasteiger partial charge on any atom is -0.394 e. The van der Waals surface area contributed by atoms with Gasteiger partial charge in [0.25, 0.3) is 0 Å². The van der Waals surface area contributed by atoms with Crippen LogP contribution in [-0.4, -0.2) is 47.5 Å². The molecule has 1 aliphatic rings. The van der Waals surface area contributed by atoms with E-state index in [0.717, 1.165) is 29.7 Å². The van der Waals surface area contributed by atoms with Crippen LogP contribution in [0.25, 0.3) is 0 Å². The van der Waals surface area contributed by atoms with E-state index in [9.17, 15) is 10.2 Å². The third-order valence-electron chi connectivity index (χ3n) is 6.17. The number of fused-ring (bicyclic) bond motifs is 1. The van der Waals surface area contributed by atoms with Gasteiger partial charge in [0, 0.05) is 13.1 Å². The molecular formula is C27H31NO3. The van der Waals surface area contributed by atoms with Crippen molar-refractivity contribution in [3.05, 3.63) is 107 Å². The van der Waals surface area contributed by atoms with E-state index < -0.39 is 6.10 Å². The van der Waals surface area contributed by atoms with E-state index in [4.69, 9.17) is 4.74 Å². The molecular weight excluding hydrogens is 386 g/mol. The quantitative estimate of drug-likeness (QED) is 0.581. The summed E-state index contributed by atoms with van der Waals surface area (Å²) in [5.41, 5.74) is 5.79. The SMILES string of the molecule is Cc1ccccc1C(OCC(O)CN1CCc2ccccc2C1CO)c1ccccc1. The smallest absolute Gasteiger partial charge is 0.108 e. The Balaban J connectivity index is 1.45. The maximum atomic E-state index is 10.8. The van der Waals surface area contributed by atoms with Gasteiger partial charge < -0.3 is 14.9 Å². The van der Waals surface area contributed by atoms with E-state index in [1.54, 1.807) is 0 Å². The van der Waals surface area contributed by atoms with Crippen LogP contribution < -0.4 is 0 Å². The van der Waals surface area contributed by atoms with Crippen molar-refractivity contribution in [2.75, 3.05) is 26.3 Å². The van der Waals surface area contributed by atoms with Crippen molar-refractivity contribution in [1.29, 1.82) is 0 Å². The summed E-state index contributed by atoms with van der Waals surface area (Å²) in [5, 5.41) is 20.8. The number of aliphatic hydroxyl groups excluding tert-OH is 2. The fourth-order valence-electron chi connectivity index (χ4n) is 4.54. The Bertz CT molecular complexity index is 975. The zero-order chi connectivity index (χ0) is 21.6. The number of benzene rings is 3. The molecule has 0 aliphatic carbocycles. The molecule has 4 heteroatoms. The molecule has 4 rings (SSSR count). The molecule has 0 fully saturated rings. The van der Waals surface area contributed by atoms with Crippen molar-refractivity contribution in [3.8, 4) is 0 Å². The predicted octanol–water partition coefficient (Wildman–Crippen LogP) is 4.05. The van der Waals surface area contributed by atoms with Gasteiger partial charge in [-0.2, -0.15) is 0 Å². The van der Waals surface area contributed by atoms with Crippen LogP contribution in [0.5, 0.6) is 0 Å². The molecule has 0 bridgehead atoms. The molecule has 1 aliphatic heterocycles. The molecule has 1 heterocycles. The highest BCUT2D eigenvalue weighted by Gasteiger charge is 2.28. The summed E-state index contributed by atoms with van der Waals surface area (Å²) in [5.74, 6) is 0. The van der Waals surface area contributed by atoms with Crippen molar-refractivity contribution in [2.24, 2.45) is 0 Å². The second kappa shape index (κ2) is 10.2. The van der Waals surface area contributed by atoms with E-state index in [1.807, 2.05) is 42.5 Å². The highest BCUT2D eigenvalue weighted by Crippen LogP contribution is 2.31. The lowest BCUT2D eigenvalue weighted by atomic mass is 9.93. The Labute approximate surface area is 184 Å². The van der Waals surface area contributed by atoms with Crippen LogP contribution in [0.15, 0.2) is 78.9 Å². The van der Waals surface area contributed by atoms with Crippen LogP contribution in [0, 0.1) is 6.92 Å². The molecule has 0 spiro atoms. The predicted molar refractivity (Wildman–Crippen MR) is 123 cm³/mol. The second-order valence-electron chi connectivity index (χ2n) is 8.28. The summed E-state index contributed by atoms with van der Waals surface area (Å²) in [6.45, 7) is 3.64. The van der Waals surface area contributed by atoms with Gasteiger partial charge in [-0.05, 0) is 41.2 Å². The van der Waals surface area contributed by atoms with Crippen molar-refractivity contribution >= 4 is 0 Å². The summed E-state index contributed by atoms with van der Waals surface area (Å²) in [7, 11) is 0. The number of nitrogens with zero attached hydrogens (tertiary/aromatic N) is 1. The van der Waals surface area contributed by atoms with Crippen LogP contribution in [0.1, 0.15) is 40.0 Å². The Kier molecular flexibility index (Phi) is 7.15. The Morgan fingerprint density at radius 3 is 2.45 bits per heavy atom. The first-order valence-corrected chi connectivity index (χ1v) is 11.0. The summed E-state index contributed by atoms with van der Waals surface area (Å²) in [4.78, 5) is 2.17. The largest absolute Gasteiger partial charge is 0.394 e. The maximum Gasteiger partial charge on any atom is 0.108 e. The maximum absolute atomic E-state index is 10.8. The molecule has 3 unspecified atom stereocenters. The van der Waals surface area contributed by atoms with Gasteiger partial charge in [-0.1, -0.05) is 78.9 Å². The van der Waals surface area contributed by atoms with Gasteiger partial charge in [-0.25, -0.2) is 0 Å². The number of rotatable bonds is 8. The number of hydrogen-bond acceptors (Lipinski definition) is 4. The van der Waals surface area contributed by atoms with E-state index in [1.165, 1.54) is 11.1 Å². The summed E-state index contributed by atoms with van der Waals surface area (Å²) in [6.07, 6.45) is 0.0538. The van der Waals surface area contributed by atoms with E-state index in [2.05, 4.69) is 48.2 Å². The fourth-order valence-corrected chi connectivity index (χ4v) is 4.54. The minimum absolute atomic E-state index is 0.0421. The average Bonchev–Trinajstić information content (AvgIpc) is 2.81. The standard InChI is InChI=1S/C27H31NO3/c1-20-9-5-7-13-24(20)27(22-11-3-2-4-12-22)31-19-23(30)17-28-16-15-21-10-6-8-14-25(21)26(28)18-29/h2-14,23,26-27,29-30H,15-19H2,1H3. The summed E-state index contributed by atoms with van der Waals surface area (Å²) in [6, 6.07) is 26.5. The first kappa shape index (κ1) is 21.7. The summed E-state index contributed by atoms with van der Waals surface area (Å²) >= 11 is 0. The molecule has 162 valence electrons. The van der Waals surface area contributed by atoms with Crippen LogP contribution >= 0.6 is 0 Å². The van der Waals surface area contributed by atoms with Gasteiger partial charge in [0.2, 0.25) is 0 Å². The molecule has 0 radical (unpaired) electrons. The van der Waals surface area contributed by atoms with Crippen molar-refractivity contribution in [3.63, 3.8) is 0 Å². The monoisotopic (exact) mass is 417 g/mol. The third kappa shape index (κ3) is 5.05. The van der Waals surface area contributed by atoms with Crippen LogP contribution in [0.2, 0.25) is 0 Å². The Hall–Kier alpha value is -2.50. The van der Waals surface area contributed by atoms with Gasteiger partial charge in [0.1, 0.15) is 6.10 Å². The number of ether oxygens (including phenoxy) is 1. The molecule has 3 aromatic carbocycles. The first-order chi connectivity index (χ1) is 15.2. The van der Waals surface area contributed by atoms with E-state index >= 15 is 0 Å². The molecule has 3 aromatic rings. The second-order valence-corrected chi connectivity index (χ2v) is 8.28. The van der Waals surface area contributed by atoms with Crippen molar-refractivity contribution < 1.29 is 14.9 Å². The molecule has 0 aromatic heterocycles. The Morgan fingerprint density at radius 2 is 1.68 bits per heavy atom. The highest BCUT2D eigenvalue weighted by molar-refractivity contribution is 5.35. The number of aryl methyl sites for hydroxylation is 1. The van der Waals surface area contributed by atoms with Crippen molar-refractivity contribution in [2.45, 2.75) is 31.6 Å². The fraction of sp³-hybridized carbons (Fsp3) is 0.333. The first-order valence-electron chi connectivity index (χ1n) is 11.0. The average molecular weight is 418 g/mol. The lowest BCUT2D eigenvalue weighted by molar-refractivity contribution is -0.0201.